The Morgan fingerprint density at radius 2 is 1.55 bits per heavy atom. The number of amides is 3. The Balaban J connectivity index is 1.50. The van der Waals surface area contributed by atoms with E-state index >= 15 is 0 Å². The summed E-state index contributed by atoms with van der Waals surface area (Å²) in [5, 5.41) is 9.25. The lowest BCUT2D eigenvalue weighted by Crippen LogP contribution is -2.37. The molecule has 9 nitrogen and oxygen atoms in total. The number of hydrazone groups is 1. The molecule has 0 aromatic heterocycles. The second kappa shape index (κ2) is 15.1. The fourth-order valence-electron chi connectivity index (χ4n) is 3.66. The van der Waals surface area contributed by atoms with Crippen molar-refractivity contribution in [2.45, 2.75) is 46.6 Å². The van der Waals surface area contributed by atoms with Gasteiger partial charge in [0.25, 0.3) is 5.91 Å². The van der Waals surface area contributed by atoms with Crippen molar-refractivity contribution in [1.82, 2.24) is 10.7 Å². The third-order valence-electron chi connectivity index (χ3n) is 5.96. The monoisotopic (exact) mass is 544 g/mol. The van der Waals surface area contributed by atoms with E-state index < -0.39 is 11.8 Å². The number of nitrogens with one attached hydrogen (secondary N) is 3. The SMILES string of the molecule is CCOc1cc(/C=N\NC(=O)C(=O)NCc2ccc(C(C)C)cc2)ccc1OCC(=O)Nc1ccc(CC)cc1. The highest BCUT2D eigenvalue weighted by Gasteiger charge is 2.13. The molecule has 3 aromatic carbocycles. The first-order valence-corrected chi connectivity index (χ1v) is 13.3. The maximum Gasteiger partial charge on any atom is 0.329 e. The maximum atomic E-state index is 12.3. The van der Waals surface area contributed by atoms with Crippen molar-refractivity contribution in [3.8, 4) is 11.5 Å². The van der Waals surface area contributed by atoms with Crippen LogP contribution >= 0.6 is 0 Å². The molecule has 210 valence electrons. The molecule has 0 saturated carbocycles. The molecule has 0 aliphatic rings. The molecule has 0 saturated heterocycles. The van der Waals surface area contributed by atoms with Crippen molar-refractivity contribution in [2.24, 2.45) is 5.10 Å². The van der Waals surface area contributed by atoms with Gasteiger partial charge in [-0.25, -0.2) is 5.43 Å². The Kier molecular flexibility index (Phi) is 11.3. The summed E-state index contributed by atoms with van der Waals surface area (Å²) in [6, 6.07) is 20.5. The van der Waals surface area contributed by atoms with E-state index in [9.17, 15) is 14.4 Å². The van der Waals surface area contributed by atoms with Gasteiger partial charge >= 0.3 is 11.8 Å². The van der Waals surface area contributed by atoms with Crippen LogP contribution in [-0.4, -0.2) is 37.1 Å². The van der Waals surface area contributed by atoms with Crippen molar-refractivity contribution >= 4 is 29.6 Å². The fourth-order valence-corrected chi connectivity index (χ4v) is 3.66. The summed E-state index contributed by atoms with van der Waals surface area (Å²) in [6.07, 6.45) is 2.31. The van der Waals surface area contributed by atoms with Crippen molar-refractivity contribution in [1.29, 1.82) is 0 Å². The quantitative estimate of drug-likeness (QED) is 0.176. The smallest absolute Gasteiger partial charge is 0.329 e. The van der Waals surface area contributed by atoms with Crippen LogP contribution in [0.3, 0.4) is 0 Å². The molecule has 40 heavy (non-hydrogen) atoms. The molecule has 0 atom stereocenters. The molecule has 3 aromatic rings. The van der Waals surface area contributed by atoms with Crippen LogP contribution in [0.4, 0.5) is 5.69 Å². The number of rotatable bonds is 12. The van der Waals surface area contributed by atoms with Gasteiger partial charge in [-0.05, 0) is 71.8 Å². The Labute approximate surface area is 235 Å². The minimum Gasteiger partial charge on any atom is -0.490 e. The second-order valence-electron chi connectivity index (χ2n) is 9.30. The summed E-state index contributed by atoms with van der Waals surface area (Å²) >= 11 is 0. The van der Waals surface area contributed by atoms with Gasteiger partial charge in [-0.2, -0.15) is 5.10 Å². The highest BCUT2D eigenvalue weighted by atomic mass is 16.5. The van der Waals surface area contributed by atoms with Gasteiger partial charge < -0.3 is 20.1 Å². The molecule has 0 unspecified atom stereocenters. The maximum absolute atomic E-state index is 12.3. The standard InChI is InChI=1S/C31H36N4O5/c1-5-22-9-14-26(15-10-22)34-29(36)20-40-27-16-11-24(17-28(27)39-6-2)19-33-35-31(38)30(37)32-18-23-7-12-25(13-8-23)21(3)4/h7-17,19,21H,5-6,18,20H2,1-4H3,(H,32,37)(H,34,36)(H,35,38)/b33-19-. The number of carbonyl (C=O) groups excluding carboxylic acids is 3. The predicted octanol–water partition coefficient (Wildman–Crippen LogP) is 4.56. The summed E-state index contributed by atoms with van der Waals surface area (Å²) < 4.78 is 11.3. The normalized spacial score (nSPS) is 10.8. The minimum atomic E-state index is -0.879. The van der Waals surface area contributed by atoms with Gasteiger partial charge in [0.05, 0.1) is 12.8 Å². The van der Waals surface area contributed by atoms with Crippen molar-refractivity contribution < 1.29 is 23.9 Å². The Hall–Kier alpha value is -4.66. The Bertz CT molecular complexity index is 1320. The molecule has 0 aliphatic carbocycles. The molecule has 0 heterocycles. The lowest BCUT2D eigenvalue weighted by molar-refractivity contribution is -0.139. The van der Waals surface area contributed by atoms with E-state index in [4.69, 9.17) is 9.47 Å². The number of benzene rings is 3. The molecule has 9 heteroatoms. The highest BCUT2D eigenvalue weighted by molar-refractivity contribution is 6.35. The molecule has 0 bridgehead atoms. The summed E-state index contributed by atoms with van der Waals surface area (Å²) in [5.41, 5.74) is 6.79. The molecule has 0 aliphatic heterocycles. The third kappa shape index (κ3) is 9.27. The number of aryl methyl sites for hydroxylation is 1. The van der Waals surface area contributed by atoms with Gasteiger partial charge in [0, 0.05) is 12.2 Å². The average Bonchev–Trinajstić information content (AvgIpc) is 2.96. The Morgan fingerprint density at radius 1 is 0.850 bits per heavy atom. The van der Waals surface area contributed by atoms with Crippen LogP contribution in [0, 0.1) is 0 Å². The number of carbonyl (C=O) groups is 3. The zero-order valence-corrected chi connectivity index (χ0v) is 23.3. The van der Waals surface area contributed by atoms with E-state index in [2.05, 4.69) is 41.9 Å². The Morgan fingerprint density at radius 3 is 2.20 bits per heavy atom. The zero-order chi connectivity index (χ0) is 28.9. The first kappa shape index (κ1) is 29.9. The number of nitrogens with zero attached hydrogens (tertiary/aromatic N) is 1. The number of hydrogen-bond acceptors (Lipinski definition) is 6. The van der Waals surface area contributed by atoms with Gasteiger partial charge in [-0.1, -0.05) is 57.2 Å². The minimum absolute atomic E-state index is 0.198. The van der Waals surface area contributed by atoms with Crippen LogP contribution in [0.2, 0.25) is 0 Å². The van der Waals surface area contributed by atoms with E-state index in [0.717, 1.165) is 12.0 Å². The van der Waals surface area contributed by atoms with E-state index in [1.807, 2.05) is 55.5 Å². The molecular formula is C31H36N4O5. The number of anilines is 1. The van der Waals surface area contributed by atoms with Gasteiger partial charge in [0.15, 0.2) is 18.1 Å². The molecule has 3 amide bonds. The van der Waals surface area contributed by atoms with Gasteiger partial charge in [0.1, 0.15) is 0 Å². The summed E-state index contributed by atoms with van der Waals surface area (Å²) in [6.45, 7) is 8.53. The van der Waals surface area contributed by atoms with Crippen molar-refractivity contribution in [2.75, 3.05) is 18.5 Å². The lowest BCUT2D eigenvalue weighted by atomic mass is 10.0. The van der Waals surface area contributed by atoms with E-state index in [1.165, 1.54) is 17.3 Å². The summed E-state index contributed by atoms with van der Waals surface area (Å²) in [5.74, 6) is -0.745. The van der Waals surface area contributed by atoms with Crippen LogP contribution in [0.25, 0.3) is 0 Å². The number of ether oxygens (including phenoxy) is 2. The fraction of sp³-hybridized carbons (Fsp3) is 0.290. The second-order valence-corrected chi connectivity index (χ2v) is 9.30. The first-order chi connectivity index (χ1) is 19.3. The largest absolute Gasteiger partial charge is 0.490 e. The lowest BCUT2D eigenvalue weighted by Gasteiger charge is -2.13. The van der Waals surface area contributed by atoms with E-state index in [1.54, 1.807) is 18.2 Å². The molecule has 0 spiro atoms. The third-order valence-corrected chi connectivity index (χ3v) is 5.96. The van der Waals surface area contributed by atoms with Crippen LogP contribution in [0.15, 0.2) is 71.8 Å². The molecular weight excluding hydrogens is 508 g/mol. The van der Waals surface area contributed by atoms with Gasteiger partial charge in [0.2, 0.25) is 0 Å². The van der Waals surface area contributed by atoms with Crippen LogP contribution in [0.1, 0.15) is 55.9 Å². The van der Waals surface area contributed by atoms with E-state index in [0.29, 0.717) is 35.3 Å². The number of hydrogen-bond donors (Lipinski definition) is 3. The molecule has 0 radical (unpaired) electrons. The van der Waals surface area contributed by atoms with Crippen LogP contribution in [-0.2, 0) is 27.3 Å². The van der Waals surface area contributed by atoms with Gasteiger partial charge in [-0.15, -0.1) is 0 Å². The van der Waals surface area contributed by atoms with Gasteiger partial charge in [-0.3, -0.25) is 14.4 Å². The predicted molar refractivity (Wildman–Crippen MR) is 156 cm³/mol. The highest BCUT2D eigenvalue weighted by Crippen LogP contribution is 2.28. The van der Waals surface area contributed by atoms with Crippen molar-refractivity contribution in [3.05, 3.63) is 89.0 Å². The average molecular weight is 545 g/mol. The summed E-state index contributed by atoms with van der Waals surface area (Å²) in [4.78, 5) is 36.6. The first-order valence-electron chi connectivity index (χ1n) is 13.3. The topological polar surface area (TPSA) is 118 Å². The van der Waals surface area contributed by atoms with E-state index in [-0.39, 0.29) is 19.1 Å². The molecule has 3 rings (SSSR count). The summed E-state index contributed by atoms with van der Waals surface area (Å²) in [7, 11) is 0. The molecule has 3 N–H and O–H groups in total. The molecule has 0 fully saturated rings. The van der Waals surface area contributed by atoms with Crippen molar-refractivity contribution in [3.63, 3.8) is 0 Å². The van der Waals surface area contributed by atoms with Crippen LogP contribution < -0.4 is 25.5 Å². The van der Waals surface area contributed by atoms with Crippen LogP contribution in [0.5, 0.6) is 11.5 Å². The zero-order valence-electron chi connectivity index (χ0n) is 23.3.